The van der Waals surface area contributed by atoms with E-state index in [-0.39, 0.29) is 5.91 Å². The highest BCUT2D eigenvalue weighted by Crippen LogP contribution is 2.29. The largest absolute Gasteiger partial charge is 0.454 e. The number of carbonyl (C=O) groups is 2. The van der Waals surface area contributed by atoms with Crippen LogP contribution in [0.2, 0.25) is 0 Å². The Labute approximate surface area is 180 Å². The van der Waals surface area contributed by atoms with Crippen LogP contribution in [-0.4, -0.2) is 67.1 Å². The van der Waals surface area contributed by atoms with E-state index in [1.807, 2.05) is 13.1 Å². The Morgan fingerprint density at radius 2 is 1.71 bits per heavy atom. The molecular formula is C22H24N4O5. The fraction of sp³-hybridized carbons (Fsp3) is 0.318. The molecule has 2 aliphatic rings. The van der Waals surface area contributed by atoms with Crippen molar-refractivity contribution in [2.75, 3.05) is 45.2 Å². The van der Waals surface area contributed by atoms with Gasteiger partial charge in [0.2, 0.25) is 0 Å². The molecule has 3 heterocycles. The van der Waals surface area contributed by atoms with E-state index in [0.717, 1.165) is 13.1 Å². The second kappa shape index (κ2) is 9.05. The molecule has 0 atom stereocenters. The lowest BCUT2D eigenvalue weighted by atomic mass is 10.1. The summed E-state index contributed by atoms with van der Waals surface area (Å²) in [4.78, 5) is 35.5. The van der Waals surface area contributed by atoms with Gasteiger partial charge < -0.3 is 24.0 Å². The summed E-state index contributed by atoms with van der Waals surface area (Å²) in [5, 5.41) is 0. The van der Waals surface area contributed by atoms with E-state index in [2.05, 4.69) is 9.88 Å². The van der Waals surface area contributed by atoms with E-state index in [0.29, 0.717) is 35.9 Å². The van der Waals surface area contributed by atoms with Gasteiger partial charge in [-0.25, -0.2) is 9.78 Å². The van der Waals surface area contributed by atoms with Gasteiger partial charge in [-0.2, -0.15) is 0 Å². The van der Waals surface area contributed by atoms with Gasteiger partial charge in [-0.1, -0.05) is 18.2 Å². The second-order valence-corrected chi connectivity index (χ2v) is 7.31. The number of likely N-dealkylation sites (N-methyl/N-ethyl adjacent to an activating group) is 1. The Morgan fingerprint density at radius 1 is 1.03 bits per heavy atom. The molecule has 9 heteroatoms. The zero-order valence-corrected chi connectivity index (χ0v) is 17.4. The molecule has 2 aromatic rings. The van der Waals surface area contributed by atoms with Crippen LogP contribution in [0.25, 0.3) is 0 Å². The number of hydrogen-bond acceptors (Lipinski definition) is 7. The van der Waals surface area contributed by atoms with Crippen LogP contribution in [-0.2, 0) is 9.47 Å². The molecule has 0 saturated carbocycles. The van der Waals surface area contributed by atoms with Crippen molar-refractivity contribution in [2.24, 2.45) is 0 Å². The number of nitrogens with zero attached hydrogens (tertiary/aromatic N) is 4. The summed E-state index contributed by atoms with van der Waals surface area (Å²) < 4.78 is 16.3. The van der Waals surface area contributed by atoms with Crippen LogP contribution in [0, 0.1) is 0 Å². The maximum absolute atomic E-state index is 13.2. The van der Waals surface area contributed by atoms with Gasteiger partial charge in [0, 0.05) is 33.2 Å². The van der Waals surface area contributed by atoms with Crippen LogP contribution in [0.5, 0.6) is 5.75 Å². The van der Waals surface area contributed by atoms with Crippen molar-refractivity contribution in [3.05, 3.63) is 66.2 Å². The smallest absolute Gasteiger partial charge is 0.420 e. The Balaban J connectivity index is 1.57. The molecule has 0 N–H and O–H groups in total. The van der Waals surface area contributed by atoms with E-state index in [9.17, 15) is 9.59 Å². The summed E-state index contributed by atoms with van der Waals surface area (Å²) in [6.07, 6.45) is 1.34. The first-order valence-electron chi connectivity index (χ1n) is 9.98. The van der Waals surface area contributed by atoms with Crippen LogP contribution in [0.1, 0.15) is 22.3 Å². The standard InChI is InChI=1S/C22H24N4O5/c1-24-10-12-26(13-11-24)20(27)17-8-9-18(23-19(17)21-29-14-15-30-21)25(2)22(28)31-16-6-4-3-5-7-16/h3-9,14-15,21H,10-13H2,1-2H3. The Kier molecular flexibility index (Phi) is 6.03. The van der Waals surface area contributed by atoms with Crippen LogP contribution < -0.4 is 9.64 Å². The number of rotatable bonds is 4. The van der Waals surface area contributed by atoms with Crippen LogP contribution in [0.4, 0.5) is 10.6 Å². The first kappa shape index (κ1) is 20.7. The molecule has 4 rings (SSSR count). The van der Waals surface area contributed by atoms with Gasteiger partial charge in [-0.05, 0) is 31.3 Å². The van der Waals surface area contributed by atoms with Crippen LogP contribution in [0.3, 0.4) is 0 Å². The third-order valence-electron chi connectivity index (χ3n) is 5.18. The summed E-state index contributed by atoms with van der Waals surface area (Å²) in [5.74, 6) is 0.592. The SMILES string of the molecule is CN1CCN(C(=O)c2ccc(N(C)C(=O)Oc3ccccc3)nc2C2OC=CO2)CC1. The van der Waals surface area contributed by atoms with Crippen molar-refractivity contribution in [1.82, 2.24) is 14.8 Å². The zero-order chi connectivity index (χ0) is 21.8. The predicted octanol–water partition coefficient (Wildman–Crippen LogP) is 2.62. The number of amides is 2. The molecule has 1 fully saturated rings. The number of piperazine rings is 1. The second-order valence-electron chi connectivity index (χ2n) is 7.31. The average Bonchev–Trinajstić information content (AvgIpc) is 3.34. The van der Waals surface area contributed by atoms with Crippen molar-refractivity contribution < 1.29 is 23.8 Å². The number of benzene rings is 1. The zero-order valence-electron chi connectivity index (χ0n) is 17.4. The molecule has 2 aliphatic heterocycles. The van der Waals surface area contributed by atoms with Gasteiger partial charge in [0.05, 0.1) is 5.56 Å². The van der Waals surface area contributed by atoms with Crippen molar-refractivity contribution in [1.29, 1.82) is 0 Å². The highest BCUT2D eigenvalue weighted by atomic mass is 16.7. The van der Waals surface area contributed by atoms with E-state index in [1.165, 1.54) is 17.4 Å². The monoisotopic (exact) mass is 424 g/mol. The number of anilines is 1. The first-order valence-corrected chi connectivity index (χ1v) is 9.98. The summed E-state index contributed by atoms with van der Waals surface area (Å²) in [7, 11) is 3.58. The molecule has 0 radical (unpaired) electrons. The molecular weight excluding hydrogens is 400 g/mol. The van der Waals surface area contributed by atoms with Crippen molar-refractivity contribution >= 4 is 17.8 Å². The quantitative estimate of drug-likeness (QED) is 0.746. The Hall–Kier alpha value is -3.59. The molecule has 0 bridgehead atoms. The minimum Gasteiger partial charge on any atom is -0.454 e. The molecule has 31 heavy (non-hydrogen) atoms. The maximum Gasteiger partial charge on any atom is 0.420 e. The fourth-order valence-electron chi connectivity index (χ4n) is 3.31. The van der Waals surface area contributed by atoms with E-state index < -0.39 is 12.4 Å². The lowest BCUT2D eigenvalue weighted by Gasteiger charge is -2.33. The third kappa shape index (κ3) is 4.61. The molecule has 9 nitrogen and oxygen atoms in total. The number of para-hydroxylation sites is 1. The number of aromatic nitrogens is 1. The minimum absolute atomic E-state index is 0.143. The first-order chi connectivity index (χ1) is 15.0. The topological polar surface area (TPSA) is 84.4 Å². The highest BCUT2D eigenvalue weighted by Gasteiger charge is 2.30. The van der Waals surface area contributed by atoms with Gasteiger partial charge in [-0.15, -0.1) is 0 Å². The number of hydrogen-bond donors (Lipinski definition) is 0. The molecule has 1 aromatic carbocycles. The van der Waals surface area contributed by atoms with E-state index in [1.54, 1.807) is 48.3 Å². The Morgan fingerprint density at radius 3 is 2.39 bits per heavy atom. The molecule has 1 saturated heterocycles. The van der Waals surface area contributed by atoms with Gasteiger partial charge in [0.25, 0.3) is 12.2 Å². The fourth-order valence-corrected chi connectivity index (χ4v) is 3.31. The Bertz CT molecular complexity index is 965. The summed E-state index contributed by atoms with van der Waals surface area (Å²) >= 11 is 0. The normalized spacial score (nSPS) is 16.5. The van der Waals surface area contributed by atoms with E-state index >= 15 is 0 Å². The molecule has 1 aromatic heterocycles. The third-order valence-corrected chi connectivity index (χ3v) is 5.18. The van der Waals surface area contributed by atoms with Crippen molar-refractivity contribution in [3.63, 3.8) is 0 Å². The number of carbonyl (C=O) groups excluding carboxylic acids is 2. The lowest BCUT2D eigenvalue weighted by molar-refractivity contribution is -0.0287. The van der Waals surface area contributed by atoms with Gasteiger partial charge in [-0.3, -0.25) is 9.69 Å². The molecule has 2 amide bonds. The van der Waals surface area contributed by atoms with Gasteiger partial charge in [0.1, 0.15) is 29.8 Å². The molecule has 0 spiro atoms. The molecule has 162 valence electrons. The maximum atomic E-state index is 13.2. The number of pyridine rings is 1. The lowest BCUT2D eigenvalue weighted by Crippen LogP contribution is -2.47. The summed E-state index contributed by atoms with van der Waals surface area (Å²) in [6.45, 7) is 2.87. The van der Waals surface area contributed by atoms with Crippen molar-refractivity contribution in [2.45, 2.75) is 6.29 Å². The van der Waals surface area contributed by atoms with Crippen molar-refractivity contribution in [3.8, 4) is 5.75 Å². The van der Waals surface area contributed by atoms with Gasteiger partial charge in [0.15, 0.2) is 0 Å². The van der Waals surface area contributed by atoms with E-state index in [4.69, 9.17) is 14.2 Å². The van der Waals surface area contributed by atoms with Crippen LogP contribution in [0.15, 0.2) is 55.0 Å². The molecule has 0 unspecified atom stereocenters. The molecule has 0 aliphatic carbocycles. The highest BCUT2D eigenvalue weighted by molar-refractivity contribution is 5.96. The summed E-state index contributed by atoms with van der Waals surface area (Å²) in [5.41, 5.74) is 0.692. The van der Waals surface area contributed by atoms with Crippen LogP contribution >= 0.6 is 0 Å². The summed E-state index contributed by atoms with van der Waals surface area (Å²) in [6, 6.07) is 12.0. The number of ether oxygens (including phenoxy) is 3. The predicted molar refractivity (Wildman–Crippen MR) is 113 cm³/mol. The van der Waals surface area contributed by atoms with Gasteiger partial charge >= 0.3 is 6.09 Å². The minimum atomic E-state index is -0.857. The average molecular weight is 424 g/mol.